The van der Waals surface area contributed by atoms with E-state index < -0.39 is 10.0 Å². The van der Waals surface area contributed by atoms with Crippen LogP contribution in [0.5, 0.6) is 0 Å². The summed E-state index contributed by atoms with van der Waals surface area (Å²) in [5, 5.41) is 4.91. The topological polar surface area (TPSA) is 82.6 Å². The van der Waals surface area contributed by atoms with E-state index in [0.717, 1.165) is 71.1 Å². The zero-order valence-electron chi connectivity index (χ0n) is 22.9. The first-order valence-corrected chi connectivity index (χ1v) is 17.0. The first kappa shape index (κ1) is 27.5. The van der Waals surface area contributed by atoms with E-state index in [0.29, 0.717) is 24.6 Å². The van der Waals surface area contributed by atoms with Crippen LogP contribution in [0.3, 0.4) is 0 Å². The average Bonchev–Trinajstić information content (AvgIpc) is 3.54. The number of fused-ring (bicyclic) bond motifs is 2. The molecular weight excluding hydrogens is 561 g/mol. The number of para-hydroxylation sites is 1. The number of amides is 1. The molecule has 2 aromatic heterocycles. The molecule has 2 aliphatic rings. The molecule has 1 amide bonds. The number of aromatic nitrogens is 1. The molecule has 7 nitrogen and oxygen atoms in total. The summed E-state index contributed by atoms with van der Waals surface area (Å²) in [6.07, 6.45) is 3.78. The Bertz CT molecular complexity index is 1600. The van der Waals surface area contributed by atoms with Crippen LogP contribution in [0.15, 0.2) is 53.4 Å². The predicted octanol–water partition coefficient (Wildman–Crippen LogP) is 6.47. The second-order valence-electron chi connectivity index (χ2n) is 10.8. The summed E-state index contributed by atoms with van der Waals surface area (Å²) in [7, 11) is -3.56. The Morgan fingerprint density at radius 1 is 1.05 bits per heavy atom. The van der Waals surface area contributed by atoms with Crippen LogP contribution in [-0.4, -0.2) is 54.7 Å². The summed E-state index contributed by atoms with van der Waals surface area (Å²) in [6.45, 7) is 8.37. The number of carbonyl (C=O) groups excluding carboxylic acids is 1. The number of thiophene rings is 1. The molecule has 6 rings (SSSR count). The molecule has 10 heteroatoms. The zero-order chi connectivity index (χ0) is 27.9. The number of benzene rings is 2. The van der Waals surface area contributed by atoms with Crippen LogP contribution < -0.4 is 5.32 Å². The molecule has 1 fully saturated rings. The second-order valence-corrected chi connectivity index (χ2v) is 14.9. The fourth-order valence-electron chi connectivity index (χ4n) is 5.58. The zero-order valence-corrected chi connectivity index (χ0v) is 25.3. The first-order valence-electron chi connectivity index (χ1n) is 14.0. The van der Waals surface area contributed by atoms with Crippen LogP contribution in [0.4, 0.5) is 5.00 Å². The fraction of sp³-hybridized carbons (Fsp3) is 0.400. The van der Waals surface area contributed by atoms with Crippen molar-refractivity contribution < 1.29 is 13.2 Å². The Morgan fingerprint density at radius 2 is 1.80 bits per heavy atom. The van der Waals surface area contributed by atoms with Crippen LogP contribution in [0.25, 0.3) is 20.8 Å². The molecule has 40 heavy (non-hydrogen) atoms. The molecule has 1 N–H and O–H groups in total. The molecule has 0 bridgehead atoms. The molecule has 4 aromatic rings. The number of piperidine rings is 1. The lowest BCUT2D eigenvalue weighted by atomic mass is 10.0. The number of carbonyl (C=O) groups is 1. The van der Waals surface area contributed by atoms with Gasteiger partial charge < -0.3 is 5.32 Å². The predicted molar refractivity (Wildman–Crippen MR) is 164 cm³/mol. The SMILES string of the molecule is CCCN1CCc2c(sc(NC(=O)c3ccc(S(=O)(=O)N4CCC(C)CC4)cc3)c2-c2nc3ccccc3s2)C1. The van der Waals surface area contributed by atoms with Crippen molar-refractivity contribution >= 4 is 53.8 Å². The van der Waals surface area contributed by atoms with Gasteiger partial charge in [-0.3, -0.25) is 9.69 Å². The van der Waals surface area contributed by atoms with Crippen molar-refractivity contribution in [2.45, 2.75) is 51.0 Å². The third kappa shape index (κ3) is 5.35. The normalized spacial score (nSPS) is 17.2. The van der Waals surface area contributed by atoms with Gasteiger partial charge in [0.25, 0.3) is 5.91 Å². The molecule has 0 saturated carbocycles. The van der Waals surface area contributed by atoms with Gasteiger partial charge in [-0.25, -0.2) is 13.4 Å². The van der Waals surface area contributed by atoms with Gasteiger partial charge in [0.1, 0.15) is 10.0 Å². The van der Waals surface area contributed by atoms with Crippen molar-refractivity contribution in [3.05, 3.63) is 64.5 Å². The lowest BCUT2D eigenvalue weighted by Crippen LogP contribution is -2.37. The summed E-state index contributed by atoms with van der Waals surface area (Å²) >= 11 is 3.29. The summed E-state index contributed by atoms with van der Waals surface area (Å²) in [4.78, 5) is 22.4. The van der Waals surface area contributed by atoms with Gasteiger partial charge in [0.15, 0.2) is 0 Å². The fourth-order valence-corrected chi connectivity index (χ4v) is 9.45. The van der Waals surface area contributed by atoms with E-state index in [2.05, 4.69) is 30.1 Å². The summed E-state index contributed by atoms with van der Waals surface area (Å²) < 4.78 is 29.0. The van der Waals surface area contributed by atoms with Crippen molar-refractivity contribution in [2.24, 2.45) is 5.92 Å². The molecule has 2 aromatic carbocycles. The quantitative estimate of drug-likeness (QED) is 0.265. The second kappa shape index (κ2) is 11.3. The molecule has 1 saturated heterocycles. The number of rotatable bonds is 7. The highest BCUT2D eigenvalue weighted by atomic mass is 32.2. The molecule has 0 radical (unpaired) electrons. The van der Waals surface area contributed by atoms with E-state index >= 15 is 0 Å². The lowest BCUT2D eigenvalue weighted by Gasteiger charge is -2.29. The number of sulfonamides is 1. The molecule has 0 spiro atoms. The number of thiazole rings is 1. The van der Waals surface area contributed by atoms with E-state index in [1.165, 1.54) is 10.4 Å². The number of hydrogen-bond donors (Lipinski definition) is 1. The number of nitrogens with zero attached hydrogens (tertiary/aromatic N) is 3. The monoisotopic (exact) mass is 594 g/mol. The maximum atomic E-state index is 13.5. The van der Waals surface area contributed by atoms with E-state index in [1.807, 2.05) is 18.2 Å². The van der Waals surface area contributed by atoms with Crippen LogP contribution in [0, 0.1) is 5.92 Å². The maximum Gasteiger partial charge on any atom is 0.256 e. The van der Waals surface area contributed by atoms with Crippen LogP contribution in [0.2, 0.25) is 0 Å². The van der Waals surface area contributed by atoms with Crippen LogP contribution in [0.1, 0.15) is 53.9 Å². The van der Waals surface area contributed by atoms with Gasteiger partial charge in [0, 0.05) is 42.2 Å². The third-order valence-corrected chi connectivity index (χ3v) is 12.0. The Morgan fingerprint density at radius 3 is 2.52 bits per heavy atom. The summed E-state index contributed by atoms with van der Waals surface area (Å²) in [6, 6.07) is 14.5. The van der Waals surface area contributed by atoms with Gasteiger partial charge >= 0.3 is 0 Å². The Hall–Kier alpha value is -2.63. The van der Waals surface area contributed by atoms with Gasteiger partial charge in [-0.2, -0.15) is 4.31 Å². The lowest BCUT2D eigenvalue weighted by molar-refractivity contribution is 0.102. The number of hydrogen-bond acceptors (Lipinski definition) is 7. The van der Waals surface area contributed by atoms with Crippen LogP contribution in [-0.2, 0) is 23.0 Å². The highest BCUT2D eigenvalue weighted by molar-refractivity contribution is 7.89. The van der Waals surface area contributed by atoms with Crippen molar-refractivity contribution in [1.29, 1.82) is 0 Å². The first-order chi connectivity index (χ1) is 19.3. The van der Waals surface area contributed by atoms with Crippen molar-refractivity contribution in [3.8, 4) is 10.6 Å². The molecule has 210 valence electrons. The minimum atomic E-state index is -3.56. The van der Waals surface area contributed by atoms with E-state index in [1.54, 1.807) is 51.2 Å². The van der Waals surface area contributed by atoms with Gasteiger partial charge in [-0.05, 0) is 80.1 Å². The van der Waals surface area contributed by atoms with E-state index in [9.17, 15) is 13.2 Å². The highest BCUT2D eigenvalue weighted by Gasteiger charge is 2.29. The van der Waals surface area contributed by atoms with Crippen molar-refractivity contribution in [1.82, 2.24) is 14.2 Å². The maximum absolute atomic E-state index is 13.5. The summed E-state index contributed by atoms with van der Waals surface area (Å²) in [5.41, 5.74) is 3.71. The summed E-state index contributed by atoms with van der Waals surface area (Å²) in [5.74, 6) is 0.296. The van der Waals surface area contributed by atoms with Gasteiger partial charge in [0.05, 0.1) is 15.1 Å². The average molecular weight is 595 g/mol. The van der Waals surface area contributed by atoms with Crippen molar-refractivity contribution in [2.75, 3.05) is 31.5 Å². The third-order valence-electron chi connectivity index (χ3n) is 7.91. The number of nitrogens with one attached hydrogen (secondary N) is 1. The minimum absolute atomic E-state index is 0.233. The van der Waals surface area contributed by atoms with Gasteiger partial charge in [0.2, 0.25) is 10.0 Å². The van der Waals surface area contributed by atoms with E-state index in [4.69, 9.17) is 4.98 Å². The Balaban J connectivity index is 1.28. The highest BCUT2D eigenvalue weighted by Crippen LogP contribution is 2.45. The van der Waals surface area contributed by atoms with Crippen LogP contribution >= 0.6 is 22.7 Å². The molecule has 0 unspecified atom stereocenters. The Kier molecular flexibility index (Phi) is 7.80. The standard InChI is InChI=1S/C30H34N4O3S3/c1-3-15-33-16-14-23-26(19-33)39-30(27(23)29-31-24-6-4-5-7-25(24)38-29)32-28(35)21-8-10-22(11-9-21)40(36,37)34-17-12-20(2)13-18-34/h4-11,20H,3,12-19H2,1-2H3,(H,32,35). The molecule has 0 atom stereocenters. The minimum Gasteiger partial charge on any atom is -0.313 e. The van der Waals surface area contributed by atoms with E-state index in [-0.39, 0.29) is 10.8 Å². The van der Waals surface area contributed by atoms with Gasteiger partial charge in [-0.15, -0.1) is 22.7 Å². The number of anilines is 1. The molecular formula is C30H34N4O3S3. The Labute approximate surface area is 243 Å². The smallest absolute Gasteiger partial charge is 0.256 e. The molecule has 4 heterocycles. The van der Waals surface area contributed by atoms with Crippen molar-refractivity contribution in [3.63, 3.8) is 0 Å². The largest absolute Gasteiger partial charge is 0.313 e. The van der Waals surface area contributed by atoms with Gasteiger partial charge in [-0.1, -0.05) is 26.0 Å². The molecule has 0 aliphatic carbocycles. The molecule has 2 aliphatic heterocycles.